The molecule has 2 N–H and O–H groups in total. The highest BCUT2D eigenvalue weighted by molar-refractivity contribution is 7.20. The van der Waals surface area contributed by atoms with Gasteiger partial charge in [-0.05, 0) is 32.3 Å². The summed E-state index contributed by atoms with van der Waals surface area (Å²) >= 11 is 1.08. The van der Waals surface area contributed by atoms with Crippen LogP contribution >= 0.6 is 11.3 Å². The zero-order valence-corrected chi connectivity index (χ0v) is 17.3. The summed E-state index contributed by atoms with van der Waals surface area (Å²) in [5.74, 6) is -1.11. The summed E-state index contributed by atoms with van der Waals surface area (Å²) in [5, 5.41) is 5.33. The molecule has 0 aromatic carbocycles. The number of carbonyl (C=O) groups excluding carboxylic acids is 3. The number of hydrogen-bond acceptors (Lipinski definition) is 7. The standard InChI is InChI=1S/C19H24N4O5S/c1-3-28-18(26)15-11(2)14-16(29-15)20-10-23(17(14)25)9-13(24)22-19(27)21-12-7-5-4-6-8-12/h10,12H,3-9H2,1-2H3,(H2,21,22,24,27). The minimum absolute atomic E-state index is 0.0760. The zero-order valence-electron chi connectivity index (χ0n) is 16.4. The average molecular weight is 420 g/mol. The lowest BCUT2D eigenvalue weighted by molar-refractivity contribution is -0.120. The molecule has 0 spiro atoms. The van der Waals surface area contributed by atoms with Crippen molar-refractivity contribution in [2.24, 2.45) is 0 Å². The molecule has 3 rings (SSSR count). The van der Waals surface area contributed by atoms with Gasteiger partial charge in [0.25, 0.3) is 5.56 Å². The highest BCUT2D eigenvalue weighted by Gasteiger charge is 2.21. The number of nitrogens with one attached hydrogen (secondary N) is 2. The molecule has 9 nitrogen and oxygen atoms in total. The number of fused-ring (bicyclic) bond motifs is 1. The van der Waals surface area contributed by atoms with E-state index in [9.17, 15) is 19.2 Å². The van der Waals surface area contributed by atoms with Crippen LogP contribution < -0.4 is 16.2 Å². The van der Waals surface area contributed by atoms with Crippen molar-refractivity contribution >= 4 is 39.5 Å². The predicted octanol–water partition coefficient (Wildman–Crippen LogP) is 2.10. The fraction of sp³-hybridized carbons (Fsp3) is 0.526. The van der Waals surface area contributed by atoms with Crippen molar-refractivity contribution in [2.45, 2.75) is 58.5 Å². The number of rotatable bonds is 5. The van der Waals surface area contributed by atoms with Gasteiger partial charge in [-0.2, -0.15) is 0 Å². The molecule has 0 bridgehead atoms. The predicted molar refractivity (Wildman–Crippen MR) is 108 cm³/mol. The summed E-state index contributed by atoms with van der Waals surface area (Å²) in [6, 6.07) is -0.479. The van der Waals surface area contributed by atoms with Crippen molar-refractivity contribution in [3.8, 4) is 0 Å². The van der Waals surface area contributed by atoms with E-state index in [1.807, 2.05) is 0 Å². The second-order valence-electron chi connectivity index (χ2n) is 6.99. The summed E-state index contributed by atoms with van der Waals surface area (Å²) in [6.07, 6.45) is 6.34. The van der Waals surface area contributed by atoms with Crippen LogP contribution in [0.3, 0.4) is 0 Å². The first kappa shape index (κ1) is 21.0. The van der Waals surface area contributed by atoms with Gasteiger partial charge in [-0.15, -0.1) is 11.3 Å². The van der Waals surface area contributed by atoms with Gasteiger partial charge in [-0.3, -0.25) is 19.5 Å². The molecule has 10 heteroatoms. The quantitative estimate of drug-likeness (QED) is 0.715. The molecule has 1 fully saturated rings. The van der Waals surface area contributed by atoms with Crippen LogP contribution in [0, 0.1) is 6.92 Å². The summed E-state index contributed by atoms with van der Waals surface area (Å²) in [7, 11) is 0. The third-order valence-electron chi connectivity index (χ3n) is 4.89. The third kappa shape index (κ3) is 4.81. The van der Waals surface area contributed by atoms with E-state index in [4.69, 9.17) is 4.74 Å². The minimum Gasteiger partial charge on any atom is -0.462 e. The number of amides is 3. The number of hydrogen-bond donors (Lipinski definition) is 2. The molecule has 2 aromatic heterocycles. The van der Waals surface area contributed by atoms with E-state index in [0.29, 0.717) is 15.3 Å². The molecule has 3 amide bonds. The van der Waals surface area contributed by atoms with E-state index in [1.54, 1.807) is 13.8 Å². The lowest BCUT2D eigenvalue weighted by Gasteiger charge is -2.22. The number of ether oxygens (including phenoxy) is 1. The number of esters is 1. The van der Waals surface area contributed by atoms with Gasteiger partial charge in [0.15, 0.2) is 0 Å². The maximum absolute atomic E-state index is 12.8. The molecular formula is C19H24N4O5S. The molecule has 156 valence electrons. The molecule has 1 aliphatic rings. The third-order valence-corrected chi connectivity index (χ3v) is 6.07. The first-order valence-electron chi connectivity index (χ1n) is 9.66. The van der Waals surface area contributed by atoms with Gasteiger partial charge in [-0.25, -0.2) is 14.6 Å². The van der Waals surface area contributed by atoms with Gasteiger partial charge in [0.05, 0.1) is 18.3 Å². The fourth-order valence-corrected chi connectivity index (χ4v) is 4.49. The number of thiophene rings is 1. The van der Waals surface area contributed by atoms with E-state index in [-0.39, 0.29) is 24.6 Å². The van der Waals surface area contributed by atoms with Crippen LogP contribution in [0.15, 0.2) is 11.1 Å². The molecular weight excluding hydrogens is 396 g/mol. The summed E-state index contributed by atoms with van der Waals surface area (Å²) < 4.78 is 6.13. The molecule has 0 aliphatic heterocycles. The Kier molecular flexibility index (Phi) is 6.63. The van der Waals surface area contributed by atoms with Gasteiger partial charge >= 0.3 is 12.0 Å². The van der Waals surface area contributed by atoms with Crippen molar-refractivity contribution in [3.05, 3.63) is 27.1 Å². The zero-order chi connectivity index (χ0) is 21.0. The Morgan fingerprint density at radius 1 is 1.28 bits per heavy atom. The molecule has 0 unspecified atom stereocenters. The van der Waals surface area contributed by atoms with Crippen molar-refractivity contribution < 1.29 is 19.1 Å². The molecule has 29 heavy (non-hydrogen) atoms. The Bertz CT molecular complexity index is 990. The van der Waals surface area contributed by atoms with E-state index in [1.165, 1.54) is 6.33 Å². The Morgan fingerprint density at radius 3 is 2.69 bits per heavy atom. The maximum atomic E-state index is 12.8. The lowest BCUT2D eigenvalue weighted by atomic mass is 9.96. The first-order chi connectivity index (χ1) is 13.9. The van der Waals surface area contributed by atoms with Crippen molar-refractivity contribution in [2.75, 3.05) is 6.61 Å². The molecule has 2 heterocycles. The van der Waals surface area contributed by atoms with E-state index in [0.717, 1.165) is 48.0 Å². The van der Waals surface area contributed by atoms with E-state index < -0.39 is 23.5 Å². The molecule has 1 saturated carbocycles. The number of imide groups is 1. The summed E-state index contributed by atoms with van der Waals surface area (Å²) in [4.78, 5) is 53.9. The first-order valence-corrected chi connectivity index (χ1v) is 10.5. The molecule has 0 radical (unpaired) electrons. The van der Waals surface area contributed by atoms with Gasteiger partial charge in [0.1, 0.15) is 16.3 Å². The van der Waals surface area contributed by atoms with Gasteiger partial charge in [-0.1, -0.05) is 19.3 Å². The average Bonchev–Trinajstić information content (AvgIpc) is 3.02. The van der Waals surface area contributed by atoms with Crippen LogP contribution in [0.2, 0.25) is 0 Å². The topological polar surface area (TPSA) is 119 Å². The van der Waals surface area contributed by atoms with Crippen LogP contribution in [0.5, 0.6) is 0 Å². The molecule has 0 saturated heterocycles. The van der Waals surface area contributed by atoms with Crippen LogP contribution in [-0.2, 0) is 16.1 Å². The van der Waals surface area contributed by atoms with Gasteiger partial charge in [0, 0.05) is 6.04 Å². The molecule has 2 aromatic rings. The Labute approximate surface area is 171 Å². The molecule has 0 atom stereocenters. The van der Waals surface area contributed by atoms with Gasteiger partial charge < -0.3 is 10.1 Å². The van der Waals surface area contributed by atoms with Crippen LogP contribution in [-0.4, -0.2) is 40.1 Å². The number of urea groups is 1. The number of aromatic nitrogens is 2. The normalized spacial score (nSPS) is 14.6. The number of nitrogens with zero attached hydrogens (tertiary/aromatic N) is 2. The smallest absolute Gasteiger partial charge is 0.348 e. The number of aryl methyl sites for hydroxylation is 1. The SMILES string of the molecule is CCOC(=O)c1sc2ncn(CC(=O)NC(=O)NC3CCCCC3)c(=O)c2c1C. The largest absolute Gasteiger partial charge is 0.462 e. The number of carbonyl (C=O) groups is 3. The van der Waals surface area contributed by atoms with E-state index >= 15 is 0 Å². The Balaban J connectivity index is 1.71. The summed E-state index contributed by atoms with van der Waals surface area (Å²) in [5.41, 5.74) is 0.0351. The Morgan fingerprint density at radius 2 is 2.00 bits per heavy atom. The maximum Gasteiger partial charge on any atom is 0.348 e. The lowest BCUT2D eigenvalue weighted by Crippen LogP contribution is -2.46. The van der Waals surface area contributed by atoms with Gasteiger partial charge in [0.2, 0.25) is 5.91 Å². The van der Waals surface area contributed by atoms with E-state index in [2.05, 4.69) is 15.6 Å². The molecule has 1 aliphatic carbocycles. The Hall–Kier alpha value is -2.75. The van der Waals surface area contributed by atoms with Crippen LogP contribution in [0.1, 0.15) is 54.3 Å². The van der Waals surface area contributed by atoms with Crippen molar-refractivity contribution in [3.63, 3.8) is 0 Å². The van der Waals surface area contributed by atoms with Crippen LogP contribution in [0.4, 0.5) is 4.79 Å². The van der Waals surface area contributed by atoms with Crippen molar-refractivity contribution in [1.29, 1.82) is 0 Å². The second kappa shape index (κ2) is 9.17. The van der Waals surface area contributed by atoms with Crippen LogP contribution in [0.25, 0.3) is 10.2 Å². The summed E-state index contributed by atoms with van der Waals surface area (Å²) in [6.45, 7) is 3.24. The second-order valence-corrected chi connectivity index (χ2v) is 7.99. The highest BCUT2D eigenvalue weighted by atomic mass is 32.1. The van der Waals surface area contributed by atoms with Crippen molar-refractivity contribution in [1.82, 2.24) is 20.2 Å². The minimum atomic E-state index is -0.611. The monoisotopic (exact) mass is 420 g/mol. The fourth-order valence-electron chi connectivity index (χ4n) is 3.45. The highest BCUT2D eigenvalue weighted by Crippen LogP contribution is 2.27.